The maximum Gasteiger partial charge on any atom is 0.335 e. The van der Waals surface area contributed by atoms with Gasteiger partial charge in [0.15, 0.2) is 0 Å². The minimum Gasteiger partial charge on any atom is -0.478 e. The summed E-state index contributed by atoms with van der Waals surface area (Å²) in [6.45, 7) is 2.49. The van der Waals surface area contributed by atoms with E-state index in [1.165, 1.54) is 0 Å². The Balaban J connectivity index is 1.84. The summed E-state index contributed by atoms with van der Waals surface area (Å²) >= 11 is 1.56. The van der Waals surface area contributed by atoms with Crippen LogP contribution in [0, 0.1) is 0 Å². The number of hydrogen-bond donors (Lipinski definition) is 1. The van der Waals surface area contributed by atoms with Gasteiger partial charge in [-0.05, 0) is 19.2 Å². The number of rotatable bonds is 3. The van der Waals surface area contributed by atoms with Crippen LogP contribution in [0.2, 0.25) is 0 Å². The number of carboxylic acid groups (broad SMARTS) is 1. The molecule has 0 amide bonds. The fourth-order valence-electron chi connectivity index (χ4n) is 2.31. The van der Waals surface area contributed by atoms with Gasteiger partial charge in [0.1, 0.15) is 11.1 Å². The van der Waals surface area contributed by atoms with Crippen molar-refractivity contribution in [1.82, 2.24) is 9.88 Å². The van der Waals surface area contributed by atoms with Gasteiger partial charge in [0.2, 0.25) is 0 Å². The summed E-state index contributed by atoms with van der Waals surface area (Å²) < 4.78 is 5.76. The molecule has 1 N–H and O–H groups in total. The number of carbonyl (C=O) groups is 1. The lowest BCUT2D eigenvalue weighted by Gasteiger charge is -2.28. The zero-order valence-electron chi connectivity index (χ0n) is 11.7. The number of benzene rings is 1. The Kier molecular flexibility index (Phi) is 4.01. The van der Waals surface area contributed by atoms with Crippen LogP contribution in [0.25, 0.3) is 11.3 Å². The van der Waals surface area contributed by atoms with E-state index < -0.39 is 5.97 Å². The molecule has 1 aromatic heterocycles. The lowest BCUT2D eigenvalue weighted by atomic mass is 10.1. The van der Waals surface area contributed by atoms with Crippen molar-refractivity contribution in [3.8, 4) is 11.3 Å². The van der Waals surface area contributed by atoms with Crippen molar-refractivity contribution in [3.63, 3.8) is 0 Å². The molecule has 1 aliphatic heterocycles. The van der Waals surface area contributed by atoms with E-state index in [2.05, 4.69) is 16.9 Å². The molecule has 0 spiro atoms. The van der Waals surface area contributed by atoms with E-state index in [0.717, 1.165) is 29.4 Å². The van der Waals surface area contributed by atoms with Crippen LogP contribution >= 0.6 is 11.3 Å². The van der Waals surface area contributed by atoms with Crippen LogP contribution in [0.1, 0.15) is 21.5 Å². The smallest absolute Gasteiger partial charge is 0.335 e. The molecule has 1 aromatic carbocycles. The van der Waals surface area contributed by atoms with Crippen LogP contribution in [0.5, 0.6) is 0 Å². The lowest BCUT2D eigenvalue weighted by Crippen LogP contribution is -2.35. The fourth-order valence-corrected chi connectivity index (χ4v) is 3.17. The summed E-state index contributed by atoms with van der Waals surface area (Å²) in [4.78, 5) is 17.9. The molecule has 0 radical (unpaired) electrons. The normalized spacial score (nSPS) is 19.6. The van der Waals surface area contributed by atoms with Crippen LogP contribution in [0.3, 0.4) is 0 Å². The Morgan fingerprint density at radius 3 is 3.14 bits per heavy atom. The van der Waals surface area contributed by atoms with Gasteiger partial charge in [-0.2, -0.15) is 0 Å². The number of nitrogens with zero attached hydrogens (tertiary/aromatic N) is 2. The SMILES string of the molecule is CN1CCOC(c2nc(-c3cccc(C(=O)O)c3)cs2)C1. The van der Waals surface area contributed by atoms with Gasteiger partial charge in [-0.15, -0.1) is 11.3 Å². The number of ether oxygens (including phenoxy) is 1. The zero-order valence-corrected chi connectivity index (χ0v) is 12.5. The first kappa shape index (κ1) is 14.2. The third kappa shape index (κ3) is 3.12. The van der Waals surface area contributed by atoms with E-state index in [4.69, 9.17) is 9.84 Å². The number of hydrogen-bond acceptors (Lipinski definition) is 5. The Hall–Kier alpha value is -1.76. The average Bonchev–Trinajstić information content (AvgIpc) is 2.97. The Morgan fingerprint density at radius 2 is 2.38 bits per heavy atom. The summed E-state index contributed by atoms with van der Waals surface area (Å²) in [6.07, 6.45) is 0.00477. The van der Waals surface area contributed by atoms with Crippen molar-refractivity contribution in [2.24, 2.45) is 0 Å². The van der Waals surface area contributed by atoms with E-state index in [1.54, 1.807) is 29.5 Å². The number of thiazole rings is 1. The highest BCUT2D eigenvalue weighted by Gasteiger charge is 2.22. The van der Waals surface area contributed by atoms with E-state index in [-0.39, 0.29) is 11.7 Å². The topological polar surface area (TPSA) is 62.7 Å². The molecule has 21 heavy (non-hydrogen) atoms. The molecule has 2 aromatic rings. The molecule has 3 rings (SSSR count). The second-order valence-electron chi connectivity index (χ2n) is 5.08. The molecule has 1 saturated heterocycles. The number of aromatic nitrogens is 1. The highest BCUT2D eigenvalue weighted by Crippen LogP contribution is 2.29. The van der Waals surface area contributed by atoms with Crippen molar-refractivity contribution in [3.05, 3.63) is 40.2 Å². The second-order valence-corrected chi connectivity index (χ2v) is 5.97. The molecule has 1 fully saturated rings. The quantitative estimate of drug-likeness (QED) is 0.944. The van der Waals surface area contributed by atoms with E-state index in [9.17, 15) is 4.79 Å². The first-order valence-corrected chi connectivity index (χ1v) is 7.61. The Bertz CT molecular complexity index is 656. The molecular formula is C15H16N2O3S. The van der Waals surface area contributed by atoms with Gasteiger partial charge in [-0.1, -0.05) is 12.1 Å². The Morgan fingerprint density at radius 1 is 1.52 bits per heavy atom. The number of likely N-dealkylation sites (N-methyl/N-ethyl adjacent to an activating group) is 1. The van der Waals surface area contributed by atoms with Crippen LogP contribution in [-0.4, -0.2) is 47.7 Å². The van der Waals surface area contributed by atoms with Crippen molar-refractivity contribution in [1.29, 1.82) is 0 Å². The molecule has 0 aliphatic carbocycles. The van der Waals surface area contributed by atoms with Gasteiger partial charge in [0, 0.05) is 24.0 Å². The minimum absolute atomic E-state index is 0.00477. The van der Waals surface area contributed by atoms with Crippen molar-refractivity contribution in [2.75, 3.05) is 26.7 Å². The molecule has 1 atom stereocenters. The average molecular weight is 304 g/mol. The molecule has 110 valence electrons. The summed E-state index contributed by atoms with van der Waals surface area (Å²) in [5, 5.41) is 11.9. The molecule has 5 nitrogen and oxygen atoms in total. The van der Waals surface area contributed by atoms with Crippen LogP contribution in [-0.2, 0) is 4.74 Å². The first-order chi connectivity index (χ1) is 10.1. The van der Waals surface area contributed by atoms with Gasteiger partial charge < -0.3 is 14.7 Å². The van der Waals surface area contributed by atoms with Gasteiger partial charge in [-0.25, -0.2) is 9.78 Å². The van der Waals surface area contributed by atoms with Gasteiger partial charge in [0.05, 0.1) is 17.9 Å². The van der Waals surface area contributed by atoms with Gasteiger partial charge >= 0.3 is 5.97 Å². The van der Waals surface area contributed by atoms with Crippen LogP contribution in [0.4, 0.5) is 0 Å². The zero-order chi connectivity index (χ0) is 14.8. The Labute approximate surface area is 126 Å². The minimum atomic E-state index is -0.926. The second kappa shape index (κ2) is 5.93. The van der Waals surface area contributed by atoms with Crippen LogP contribution in [0.15, 0.2) is 29.6 Å². The molecule has 0 saturated carbocycles. The van der Waals surface area contributed by atoms with Crippen LogP contribution < -0.4 is 0 Å². The molecule has 0 bridgehead atoms. The van der Waals surface area contributed by atoms with E-state index in [1.807, 2.05) is 11.4 Å². The largest absolute Gasteiger partial charge is 0.478 e. The van der Waals surface area contributed by atoms with Gasteiger partial charge in [0.25, 0.3) is 0 Å². The third-order valence-corrected chi connectivity index (χ3v) is 4.41. The molecule has 1 unspecified atom stereocenters. The highest BCUT2D eigenvalue weighted by molar-refractivity contribution is 7.10. The summed E-state index contributed by atoms with van der Waals surface area (Å²) in [6, 6.07) is 6.84. The highest BCUT2D eigenvalue weighted by atomic mass is 32.1. The van der Waals surface area contributed by atoms with Gasteiger partial charge in [-0.3, -0.25) is 0 Å². The van der Waals surface area contributed by atoms with Crippen molar-refractivity contribution >= 4 is 17.3 Å². The molecule has 1 aliphatic rings. The third-order valence-electron chi connectivity index (χ3n) is 3.47. The maximum atomic E-state index is 11.0. The van der Waals surface area contributed by atoms with E-state index >= 15 is 0 Å². The van der Waals surface area contributed by atoms with Crippen molar-refractivity contribution < 1.29 is 14.6 Å². The molecular weight excluding hydrogens is 288 g/mol. The number of morpholine rings is 1. The lowest BCUT2D eigenvalue weighted by molar-refractivity contribution is -0.0209. The standard InChI is InChI=1S/C15H16N2O3S/c1-17-5-6-20-13(8-17)14-16-12(9-21-14)10-3-2-4-11(7-10)15(18)19/h2-4,7,9,13H,5-6,8H2,1H3,(H,18,19). The molecule has 2 heterocycles. The maximum absolute atomic E-state index is 11.0. The summed E-state index contributed by atoms with van der Waals surface area (Å²) in [7, 11) is 2.07. The number of aromatic carboxylic acids is 1. The molecule has 6 heteroatoms. The predicted octanol–water partition coefficient (Wildman–Crippen LogP) is 2.51. The monoisotopic (exact) mass is 304 g/mol. The summed E-state index contributed by atoms with van der Waals surface area (Å²) in [5.41, 5.74) is 1.90. The van der Waals surface area contributed by atoms with E-state index in [0.29, 0.717) is 6.61 Å². The summed E-state index contributed by atoms with van der Waals surface area (Å²) in [5.74, 6) is -0.926. The predicted molar refractivity (Wildman–Crippen MR) is 80.7 cm³/mol. The fraction of sp³-hybridized carbons (Fsp3) is 0.333. The number of carboxylic acids is 1. The van der Waals surface area contributed by atoms with Crippen molar-refractivity contribution in [2.45, 2.75) is 6.10 Å². The first-order valence-electron chi connectivity index (χ1n) is 6.73.